The zero-order chi connectivity index (χ0) is 22.7. The average molecular weight is 493 g/mol. The van der Waals surface area contributed by atoms with E-state index in [1.165, 1.54) is 4.90 Å². The highest BCUT2D eigenvalue weighted by atomic mass is 79.9. The summed E-state index contributed by atoms with van der Waals surface area (Å²) in [5.41, 5.74) is 2.02. The molecule has 1 N–H and O–H groups in total. The molecule has 1 aliphatic heterocycles. The molecule has 0 bridgehead atoms. The smallest absolute Gasteiger partial charge is 0.295 e. The zero-order valence-corrected chi connectivity index (χ0v) is 19.0. The Labute approximate surface area is 194 Å². The van der Waals surface area contributed by atoms with Gasteiger partial charge in [0, 0.05) is 29.0 Å². The number of amides is 1. The Bertz CT molecular complexity index is 1160. The van der Waals surface area contributed by atoms with Crippen LogP contribution in [0.1, 0.15) is 29.7 Å². The molecule has 1 aliphatic rings. The standard InChI is InChI=1S/C25H21BrN2O4/c1-2-32-20-11-7-18(8-12-20)23(29)21-22(17-5-9-19(26)10-6-17)28(25(31)24(21)30)15-16-4-3-13-27-14-16/h3-14,22,29H,2,15H2,1H3/t22-/m1/s1. The lowest BCUT2D eigenvalue weighted by Crippen LogP contribution is -2.29. The SMILES string of the molecule is CCOc1ccc(C(O)=C2C(=O)C(=O)N(Cc3cccnc3)[C@@H]2c2ccc(Br)cc2)cc1. The minimum Gasteiger partial charge on any atom is -0.507 e. The molecule has 1 fully saturated rings. The minimum absolute atomic E-state index is 0.0605. The van der Waals surface area contributed by atoms with Gasteiger partial charge in [-0.25, -0.2) is 0 Å². The number of ketones is 1. The normalized spacial score (nSPS) is 17.6. The summed E-state index contributed by atoms with van der Waals surface area (Å²) in [6.07, 6.45) is 3.31. The number of halogens is 1. The van der Waals surface area contributed by atoms with Crippen LogP contribution >= 0.6 is 15.9 Å². The maximum Gasteiger partial charge on any atom is 0.295 e. The molecule has 1 amide bonds. The summed E-state index contributed by atoms with van der Waals surface area (Å²) in [4.78, 5) is 31.7. The number of aliphatic hydroxyl groups excluding tert-OH is 1. The van der Waals surface area contributed by atoms with Crippen molar-refractivity contribution in [3.8, 4) is 5.75 Å². The molecule has 4 rings (SSSR count). The van der Waals surface area contributed by atoms with Crippen LogP contribution < -0.4 is 4.74 Å². The molecule has 7 heteroatoms. The van der Waals surface area contributed by atoms with Gasteiger partial charge in [0.15, 0.2) is 0 Å². The van der Waals surface area contributed by atoms with Gasteiger partial charge in [-0.15, -0.1) is 0 Å². The van der Waals surface area contributed by atoms with E-state index in [1.54, 1.807) is 42.7 Å². The molecular formula is C25H21BrN2O4. The van der Waals surface area contributed by atoms with E-state index in [0.29, 0.717) is 17.9 Å². The van der Waals surface area contributed by atoms with Crippen molar-refractivity contribution in [2.24, 2.45) is 0 Å². The summed E-state index contributed by atoms with van der Waals surface area (Å²) in [5.74, 6) is -0.930. The largest absolute Gasteiger partial charge is 0.507 e. The molecule has 0 aliphatic carbocycles. The average Bonchev–Trinajstić information content (AvgIpc) is 3.05. The first kappa shape index (κ1) is 21.8. The van der Waals surface area contributed by atoms with Crippen LogP contribution in [0.25, 0.3) is 5.76 Å². The fraction of sp³-hybridized carbons (Fsp3) is 0.160. The molecule has 2 heterocycles. The van der Waals surface area contributed by atoms with Crippen molar-refractivity contribution >= 4 is 33.4 Å². The van der Waals surface area contributed by atoms with Gasteiger partial charge in [0.05, 0.1) is 18.2 Å². The minimum atomic E-state index is -0.727. The predicted octanol–water partition coefficient (Wildman–Crippen LogP) is 4.86. The van der Waals surface area contributed by atoms with Crippen LogP contribution in [0.15, 0.2) is 83.1 Å². The number of aliphatic hydroxyl groups is 1. The number of Topliss-reactive ketones (excluding diaryl/α,β-unsaturated/α-hetero) is 1. The second kappa shape index (κ2) is 9.36. The van der Waals surface area contributed by atoms with Crippen molar-refractivity contribution < 1.29 is 19.4 Å². The van der Waals surface area contributed by atoms with E-state index in [-0.39, 0.29) is 17.9 Å². The molecule has 32 heavy (non-hydrogen) atoms. The Morgan fingerprint density at radius 1 is 1.09 bits per heavy atom. The molecule has 1 atom stereocenters. The van der Waals surface area contributed by atoms with Crippen LogP contribution in [0.3, 0.4) is 0 Å². The van der Waals surface area contributed by atoms with E-state index in [0.717, 1.165) is 15.6 Å². The Balaban J connectivity index is 1.81. The maximum absolute atomic E-state index is 13.1. The third-order valence-corrected chi connectivity index (χ3v) is 5.77. The molecule has 0 spiro atoms. The number of hydrogen-bond donors (Lipinski definition) is 1. The lowest BCUT2D eigenvalue weighted by Gasteiger charge is -2.25. The van der Waals surface area contributed by atoms with Crippen molar-refractivity contribution in [1.29, 1.82) is 0 Å². The van der Waals surface area contributed by atoms with Crippen molar-refractivity contribution in [3.05, 3.63) is 99.8 Å². The van der Waals surface area contributed by atoms with Gasteiger partial charge in [0.1, 0.15) is 11.5 Å². The molecule has 0 saturated carbocycles. The number of carbonyl (C=O) groups excluding carboxylic acids is 2. The Hall–Kier alpha value is -3.45. The van der Waals surface area contributed by atoms with E-state index < -0.39 is 17.7 Å². The first-order valence-electron chi connectivity index (χ1n) is 10.2. The monoisotopic (exact) mass is 492 g/mol. The fourth-order valence-corrected chi connectivity index (χ4v) is 4.02. The number of ether oxygens (including phenoxy) is 1. The first-order valence-corrected chi connectivity index (χ1v) is 10.9. The van der Waals surface area contributed by atoms with E-state index in [4.69, 9.17) is 4.74 Å². The number of benzene rings is 2. The van der Waals surface area contributed by atoms with E-state index >= 15 is 0 Å². The number of aromatic nitrogens is 1. The fourth-order valence-electron chi connectivity index (χ4n) is 3.75. The predicted molar refractivity (Wildman–Crippen MR) is 124 cm³/mol. The van der Waals surface area contributed by atoms with Crippen LogP contribution in [-0.2, 0) is 16.1 Å². The van der Waals surface area contributed by atoms with Gasteiger partial charge >= 0.3 is 0 Å². The highest BCUT2D eigenvalue weighted by Gasteiger charge is 2.46. The summed E-state index contributed by atoms with van der Waals surface area (Å²) in [6.45, 7) is 2.60. The van der Waals surface area contributed by atoms with E-state index in [1.807, 2.05) is 37.3 Å². The Kier molecular flexibility index (Phi) is 6.37. The molecule has 0 unspecified atom stereocenters. The van der Waals surface area contributed by atoms with Gasteiger partial charge in [-0.1, -0.05) is 34.1 Å². The van der Waals surface area contributed by atoms with Crippen molar-refractivity contribution in [2.45, 2.75) is 19.5 Å². The van der Waals surface area contributed by atoms with E-state index in [9.17, 15) is 14.7 Å². The van der Waals surface area contributed by atoms with Gasteiger partial charge in [-0.05, 0) is 60.5 Å². The summed E-state index contributed by atoms with van der Waals surface area (Å²) < 4.78 is 6.32. The van der Waals surface area contributed by atoms with Crippen LogP contribution in [0, 0.1) is 0 Å². The second-order valence-electron chi connectivity index (χ2n) is 7.30. The van der Waals surface area contributed by atoms with Crippen molar-refractivity contribution in [2.75, 3.05) is 6.61 Å². The number of rotatable bonds is 6. The molecule has 162 valence electrons. The van der Waals surface area contributed by atoms with Gasteiger partial charge in [-0.3, -0.25) is 14.6 Å². The molecule has 3 aromatic rings. The molecule has 0 radical (unpaired) electrons. The quantitative estimate of drug-likeness (QED) is 0.301. The highest BCUT2D eigenvalue weighted by Crippen LogP contribution is 2.40. The van der Waals surface area contributed by atoms with Crippen molar-refractivity contribution in [1.82, 2.24) is 9.88 Å². The van der Waals surface area contributed by atoms with E-state index in [2.05, 4.69) is 20.9 Å². The zero-order valence-electron chi connectivity index (χ0n) is 17.4. The first-order chi connectivity index (χ1) is 15.5. The lowest BCUT2D eigenvalue weighted by molar-refractivity contribution is -0.140. The van der Waals surface area contributed by atoms with Crippen LogP contribution in [0.5, 0.6) is 5.75 Å². The van der Waals surface area contributed by atoms with Crippen LogP contribution in [0.2, 0.25) is 0 Å². The van der Waals surface area contributed by atoms with Gasteiger partial charge in [0.25, 0.3) is 11.7 Å². The third-order valence-electron chi connectivity index (χ3n) is 5.24. The third kappa shape index (κ3) is 4.29. The maximum atomic E-state index is 13.1. The Morgan fingerprint density at radius 3 is 2.44 bits per heavy atom. The lowest BCUT2D eigenvalue weighted by atomic mass is 9.95. The number of carbonyl (C=O) groups is 2. The van der Waals surface area contributed by atoms with Gasteiger partial charge < -0.3 is 14.7 Å². The van der Waals surface area contributed by atoms with Crippen molar-refractivity contribution in [3.63, 3.8) is 0 Å². The number of pyridine rings is 1. The molecular weight excluding hydrogens is 472 g/mol. The van der Waals surface area contributed by atoms with Gasteiger partial charge in [-0.2, -0.15) is 0 Å². The number of nitrogens with zero attached hydrogens (tertiary/aromatic N) is 2. The second-order valence-corrected chi connectivity index (χ2v) is 8.21. The Morgan fingerprint density at radius 2 is 1.81 bits per heavy atom. The number of hydrogen-bond acceptors (Lipinski definition) is 5. The molecule has 1 aromatic heterocycles. The summed E-state index contributed by atoms with van der Waals surface area (Å²) in [5, 5.41) is 11.1. The molecule has 2 aromatic carbocycles. The molecule has 1 saturated heterocycles. The molecule has 6 nitrogen and oxygen atoms in total. The van der Waals surface area contributed by atoms with Crippen LogP contribution in [0.4, 0.5) is 0 Å². The summed E-state index contributed by atoms with van der Waals surface area (Å²) >= 11 is 3.42. The van der Waals surface area contributed by atoms with Gasteiger partial charge in [0.2, 0.25) is 0 Å². The topological polar surface area (TPSA) is 79.7 Å². The van der Waals surface area contributed by atoms with Crippen LogP contribution in [-0.4, -0.2) is 33.3 Å². The highest BCUT2D eigenvalue weighted by molar-refractivity contribution is 9.10. The number of likely N-dealkylation sites (tertiary alicyclic amines) is 1. The summed E-state index contributed by atoms with van der Waals surface area (Å²) in [6, 6.07) is 17.0. The summed E-state index contributed by atoms with van der Waals surface area (Å²) in [7, 11) is 0.